The van der Waals surface area contributed by atoms with Gasteiger partial charge in [-0.25, -0.2) is 4.79 Å². The number of allylic oxidation sites excluding steroid dienone is 1. The number of ketones is 1. The van der Waals surface area contributed by atoms with Crippen LogP contribution in [0.15, 0.2) is 12.2 Å². The monoisotopic (exact) mass is 525 g/mol. The number of fused-ring (bicyclic) bond motifs is 7. The van der Waals surface area contributed by atoms with Crippen molar-refractivity contribution < 1.29 is 14.3 Å². The van der Waals surface area contributed by atoms with E-state index in [1.165, 1.54) is 44.1 Å². The SMILES string of the molecule is C=C(C)[C@@H]1CC[C@]2(COC(=O)NCCC)CC[C@]3(C)[C@H](CC[C@@H]4[C@@]5(C)CCC(=O)C(C)(C)[C@@H]5CC[C@]43C)[C@@H]12. The lowest BCUT2D eigenvalue weighted by atomic mass is 9.32. The van der Waals surface area contributed by atoms with Crippen LogP contribution >= 0.6 is 0 Å². The Morgan fingerprint density at radius 2 is 1.68 bits per heavy atom. The largest absolute Gasteiger partial charge is 0.449 e. The normalized spacial score (nSPS) is 47.2. The maximum absolute atomic E-state index is 13.0. The molecule has 1 amide bonds. The molecule has 5 aliphatic rings. The van der Waals surface area contributed by atoms with Gasteiger partial charge in [-0.2, -0.15) is 0 Å². The molecule has 0 radical (unpaired) electrons. The zero-order valence-electron chi connectivity index (χ0n) is 25.5. The van der Waals surface area contributed by atoms with Crippen molar-refractivity contribution >= 4 is 11.9 Å². The Morgan fingerprint density at radius 1 is 0.947 bits per heavy atom. The Bertz CT molecular complexity index is 986. The van der Waals surface area contributed by atoms with Crippen molar-refractivity contribution in [1.82, 2.24) is 5.32 Å². The summed E-state index contributed by atoms with van der Waals surface area (Å²) >= 11 is 0. The van der Waals surface area contributed by atoms with Crippen molar-refractivity contribution in [3.8, 4) is 0 Å². The molecule has 5 fully saturated rings. The quantitative estimate of drug-likeness (QED) is 0.367. The van der Waals surface area contributed by atoms with Crippen LogP contribution in [-0.2, 0) is 9.53 Å². The van der Waals surface area contributed by atoms with Crippen LogP contribution in [0.4, 0.5) is 4.79 Å². The van der Waals surface area contributed by atoms with Crippen LogP contribution in [0.1, 0.15) is 119 Å². The predicted octanol–water partition coefficient (Wildman–Crippen LogP) is 8.35. The molecule has 0 aromatic heterocycles. The molecule has 5 aliphatic carbocycles. The lowest BCUT2D eigenvalue weighted by Gasteiger charge is -2.72. The molecular weight excluding hydrogens is 470 g/mol. The van der Waals surface area contributed by atoms with Crippen LogP contribution < -0.4 is 5.32 Å². The number of hydrogen-bond acceptors (Lipinski definition) is 3. The number of carbonyl (C=O) groups is 2. The molecule has 38 heavy (non-hydrogen) atoms. The van der Waals surface area contributed by atoms with Gasteiger partial charge in [0, 0.05) is 23.8 Å². The summed E-state index contributed by atoms with van der Waals surface area (Å²) in [5, 5.41) is 2.93. The Morgan fingerprint density at radius 3 is 2.37 bits per heavy atom. The molecule has 0 unspecified atom stereocenters. The van der Waals surface area contributed by atoms with E-state index in [0.717, 1.165) is 32.1 Å². The number of Topliss-reactive ketones (excluding diaryl/α,β-unsaturated/α-hetero) is 1. The fourth-order valence-corrected chi connectivity index (χ4v) is 11.8. The third-order valence-corrected chi connectivity index (χ3v) is 14.0. The smallest absolute Gasteiger partial charge is 0.407 e. The average molecular weight is 526 g/mol. The fraction of sp³-hybridized carbons (Fsp3) is 0.882. The molecule has 0 bridgehead atoms. The first-order valence-electron chi connectivity index (χ1n) is 15.9. The van der Waals surface area contributed by atoms with Crippen molar-refractivity contribution in [3.63, 3.8) is 0 Å². The summed E-state index contributed by atoms with van der Waals surface area (Å²) in [6.07, 6.45) is 12.2. The summed E-state index contributed by atoms with van der Waals surface area (Å²) in [4.78, 5) is 25.5. The van der Waals surface area contributed by atoms with Crippen molar-refractivity contribution in [2.75, 3.05) is 13.2 Å². The van der Waals surface area contributed by atoms with E-state index in [4.69, 9.17) is 4.74 Å². The maximum atomic E-state index is 13.0. The van der Waals surface area contributed by atoms with Gasteiger partial charge in [0.2, 0.25) is 0 Å². The number of rotatable bonds is 5. The molecule has 0 heterocycles. The van der Waals surface area contributed by atoms with Gasteiger partial charge in [0.25, 0.3) is 0 Å². The minimum absolute atomic E-state index is 0.0842. The van der Waals surface area contributed by atoms with Gasteiger partial charge in [-0.1, -0.05) is 53.7 Å². The van der Waals surface area contributed by atoms with Gasteiger partial charge < -0.3 is 10.1 Å². The summed E-state index contributed by atoms with van der Waals surface area (Å²) in [6.45, 7) is 22.4. The third-order valence-electron chi connectivity index (χ3n) is 14.0. The van der Waals surface area contributed by atoms with Gasteiger partial charge in [0.15, 0.2) is 0 Å². The number of nitrogens with one attached hydrogen (secondary N) is 1. The van der Waals surface area contributed by atoms with Crippen LogP contribution in [0, 0.1) is 56.7 Å². The van der Waals surface area contributed by atoms with Crippen LogP contribution in [0.3, 0.4) is 0 Å². The number of amides is 1. The predicted molar refractivity (Wildman–Crippen MR) is 154 cm³/mol. The van der Waals surface area contributed by atoms with Crippen LogP contribution in [0.2, 0.25) is 0 Å². The van der Waals surface area contributed by atoms with Crippen LogP contribution in [-0.4, -0.2) is 25.0 Å². The minimum Gasteiger partial charge on any atom is -0.449 e. The minimum atomic E-state index is -0.247. The van der Waals surface area contributed by atoms with Crippen molar-refractivity contribution in [2.24, 2.45) is 56.7 Å². The third kappa shape index (κ3) is 3.80. The molecule has 0 saturated heterocycles. The van der Waals surface area contributed by atoms with E-state index in [2.05, 4.69) is 60.4 Å². The first-order valence-corrected chi connectivity index (χ1v) is 15.9. The molecule has 0 aromatic rings. The highest BCUT2D eigenvalue weighted by molar-refractivity contribution is 5.85. The molecule has 9 atom stereocenters. The van der Waals surface area contributed by atoms with Crippen LogP contribution in [0.25, 0.3) is 0 Å². The molecule has 0 spiro atoms. The summed E-state index contributed by atoms with van der Waals surface area (Å²) < 4.78 is 5.97. The lowest BCUT2D eigenvalue weighted by Crippen LogP contribution is -2.66. The topological polar surface area (TPSA) is 55.4 Å². The molecule has 5 rings (SSSR count). The molecule has 214 valence electrons. The van der Waals surface area contributed by atoms with Crippen molar-refractivity contribution in [2.45, 2.75) is 119 Å². The van der Waals surface area contributed by atoms with Gasteiger partial charge >= 0.3 is 6.09 Å². The summed E-state index contributed by atoms with van der Waals surface area (Å²) in [7, 11) is 0. The highest BCUT2D eigenvalue weighted by Crippen LogP contribution is 2.77. The fourth-order valence-electron chi connectivity index (χ4n) is 11.8. The van der Waals surface area contributed by atoms with Gasteiger partial charge in [0.05, 0.1) is 6.61 Å². The van der Waals surface area contributed by atoms with E-state index in [9.17, 15) is 9.59 Å². The van der Waals surface area contributed by atoms with Crippen LogP contribution in [0.5, 0.6) is 0 Å². The zero-order chi connectivity index (χ0) is 27.7. The van der Waals surface area contributed by atoms with Gasteiger partial charge in [-0.15, -0.1) is 0 Å². The highest BCUT2D eigenvalue weighted by atomic mass is 16.5. The summed E-state index contributed by atoms with van der Waals surface area (Å²) in [5.74, 6) is 3.38. The van der Waals surface area contributed by atoms with Crippen molar-refractivity contribution in [3.05, 3.63) is 12.2 Å². The molecule has 4 nitrogen and oxygen atoms in total. The Balaban J connectivity index is 1.47. The molecular formula is C34H55NO3. The molecule has 0 aliphatic heterocycles. The zero-order valence-corrected chi connectivity index (χ0v) is 25.5. The lowest BCUT2D eigenvalue weighted by molar-refractivity contribution is -0.236. The first-order chi connectivity index (χ1) is 17.8. The summed E-state index contributed by atoms with van der Waals surface area (Å²) in [6, 6.07) is 0. The average Bonchev–Trinajstić information content (AvgIpc) is 3.25. The first kappa shape index (κ1) is 28.2. The molecule has 0 aromatic carbocycles. The maximum Gasteiger partial charge on any atom is 0.407 e. The standard InChI is InChI=1S/C34H55NO3/c1-9-20-35-29(37)38-21-34-17-12-23(22(2)3)28(34)24-10-11-26-31(6)15-14-27(36)30(4,5)25(31)13-16-33(26,8)32(24,7)18-19-34/h23-26,28H,2,9-21H2,1,3-8H3,(H,35,37)/t23-,24+,25-,26+,28+,31-,32+,33+,34+/m0/s1. The second kappa shape index (κ2) is 9.37. The van der Waals surface area contributed by atoms with Gasteiger partial charge in [0.1, 0.15) is 5.78 Å². The van der Waals surface area contributed by atoms with E-state index < -0.39 is 0 Å². The van der Waals surface area contributed by atoms with Crippen molar-refractivity contribution in [1.29, 1.82) is 0 Å². The Kier molecular flexibility index (Phi) is 6.96. The van der Waals surface area contributed by atoms with Gasteiger partial charge in [-0.3, -0.25) is 4.79 Å². The molecule has 5 saturated carbocycles. The van der Waals surface area contributed by atoms with E-state index in [1.54, 1.807) is 0 Å². The Hall–Kier alpha value is -1.32. The number of ether oxygens (including phenoxy) is 1. The number of carbonyl (C=O) groups excluding carboxylic acids is 2. The van der Waals surface area contributed by atoms with E-state index in [0.29, 0.717) is 48.5 Å². The second-order valence-electron chi connectivity index (χ2n) is 15.7. The van der Waals surface area contributed by atoms with E-state index >= 15 is 0 Å². The van der Waals surface area contributed by atoms with E-state index in [-0.39, 0.29) is 33.2 Å². The molecule has 4 heteroatoms. The highest BCUT2D eigenvalue weighted by Gasteiger charge is 2.71. The second-order valence-corrected chi connectivity index (χ2v) is 15.7. The molecule has 1 N–H and O–H groups in total. The van der Waals surface area contributed by atoms with E-state index in [1.807, 2.05) is 0 Å². The number of hydrogen-bond donors (Lipinski definition) is 1. The number of alkyl carbamates (subject to hydrolysis) is 1. The summed E-state index contributed by atoms with van der Waals surface area (Å²) in [5.41, 5.74) is 2.02. The van der Waals surface area contributed by atoms with Gasteiger partial charge in [-0.05, 0) is 117 Å². The Labute approximate surface area is 232 Å².